The zero-order valence-electron chi connectivity index (χ0n) is 8.99. The van der Waals surface area contributed by atoms with Gasteiger partial charge in [0.25, 0.3) is 0 Å². The average Bonchev–Trinajstić information content (AvgIpc) is 2.30. The lowest BCUT2D eigenvalue weighted by Gasteiger charge is -2.33. The molecule has 0 saturated carbocycles. The van der Waals surface area contributed by atoms with Crippen LogP contribution in [0.4, 0.5) is 5.95 Å². The van der Waals surface area contributed by atoms with Crippen LogP contribution in [-0.2, 0) is 5.33 Å². The minimum Gasteiger partial charge on any atom is -0.338 e. The second-order valence-electron chi connectivity index (χ2n) is 4.06. The highest BCUT2D eigenvalue weighted by molar-refractivity contribution is 9.08. The van der Waals surface area contributed by atoms with E-state index in [9.17, 15) is 0 Å². The SMILES string of the molecule is CC1CCCCN1c1ncc(CBr)cn1. The van der Waals surface area contributed by atoms with Crippen molar-refractivity contribution in [2.75, 3.05) is 11.4 Å². The maximum absolute atomic E-state index is 4.41. The van der Waals surface area contributed by atoms with Crippen LogP contribution in [0, 0.1) is 0 Å². The van der Waals surface area contributed by atoms with Gasteiger partial charge >= 0.3 is 0 Å². The maximum atomic E-state index is 4.41. The Morgan fingerprint density at radius 1 is 1.40 bits per heavy atom. The highest BCUT2D eigenvalue weighted by atomic mass is 79.9. The van der Waals surface area contributed by atoms with Crippen molar-refractivity contribution in [3.05, 3.63) is 18.0 Å². The van der Waals surface area contributed by atoms with E-state index in [2.05, 4.69) is 37.7 Å². The van der Waals surface area contributed by atoms with Gasteiger partial charge in [0.15, 0.2) is 0 Å². The van der Waals surface area contributed by atoms with Crippen LogP contribution >= 0.6 is 15.9 Å². The van der Waals surface area contributed by atoms with E-state index in [-0.39, 0.29) is 0 Å². The Morgan fingerprint density at radius 3 is 2.73 bits per heavy atom. The maximum Gasteiger partial charge on any atom is 0.225 e. The molecule has 0 bridgehead atoms. The van der Waals surface area contributed by atoms with Gasteiger partial charge in [0, 0.05) is 30.3 Å². The molecule has 2 rings (SSSR count). The van der Waals surface area contributed by atoms with Crippen LogP contribution in [0.15, 0.2) is 12.4 Å². The van der Waals surface area contributed by atoms with E-state index in [1.807, 2.05) is 12.4 Å². The Morgan fingerprint density at radius 2 is 2.13 bits per heavy atom. The number of hydrogen-bond donors (Lipinski definition) is 0. The molecule has 0 radical (unpaired) electrons. The first-order valence-electron chi connectivity index (χ1n) is 5.45. The van der Waals surface area contributed by atoms with E-state index in [1.54, 1.807) is 0 Å². The molecule has 2 heterocycles. The molecule has 1 aliphatic rings. The van der Waals surface area contributed by atoms with E-state index < -0.39 is 0 Å². The van der Waals surface area contributed by atoms with Crippen molar-refractivity contribution in [2.24, 2.45) is 0 Å². The van der Waals surface area contributed by atoms with Crippen LogP contribution in [0.1, 0.15) is 31.7 Å². The van der Waals surface area contributed by atoms with Gasteiger partial charge in [-0.25, -0.2) is 9.97 Å². The summed E-state index contributed by atoms with van der Waals surface area (Å²) in [5, 5.41) is 0.822. The second kappa shape index (κ2) is 4.92. The van der Waals surface area contributed by atoms with Gasteiger partial charge in [-0.3, -0.25) is 0 Å². The third-order valence-electron chi connectivity index (χ3n) is 2.91. The number of rotatable bonds is 2. The van der Waals surface area contributed by atoms with Crippen LogP contribution in [0.3, 0.4) is 0 Å². The summed E-state index contributed by atoms with van der Waals surface area (Å²) in [4.78, 5) is 11.1. The average molecular weight is 270 g/mol. The van der Waals surface area contributed by atoms with Crippen molar-refractivity contribution in [2.45, 2.75) is 37.6 Å². The first-order valence-corrected chi connectivity index (χ1v) is 6.57. The van der Waals surface area contributed by atoms with Gasteiger partial charge < -0.3 is 4.90 Å². The Labute approximate surface area is 99.0 Å². The fraction of sp³-hybridized carbons (Fsp3) is 0.636. The van der Waals surface area contributed by atoms with E-state index in [1.165, 1.54) is 19.3 Å². The van der Waals surface area contributed by atoms with Crippen LogP contribution in [0.25, 0.3) is 0 Å². The molecule has 0 aliphatic carbocycles. The quantitative estimate of drug-likeness (QED) is 0.774. The predicted molar refractivity (Wildman–Crippen MR) is 65.3 cm³/mol. The summed E-state index contributed by atoms with van der Waals surface area (Å²) >= 11 is 3.40. The van der Waals surface area contributed by atoms with E-state index in [4.69, 9.17) is 0 Å². The van der Waals surface area contributed by atoms with E-state index in [0.29, 0.717) is 6.04 Å². The Balaban J connectivity index is 2.13. The molecule has 1 atom stereocenters. The summed E-state index contributed by atoms with van der Waals surface area (Å²) in [6, 6.07) is 0.577. The molecule has 3 nitrogen and oxygen atoms in total. The van der Waals surface area contributed by atoms with Crippen molar-refractivity contribution in [1.29, 1.82) is 0 Å². The van der Waals surface area contributed by atoms with Crippen molar-refractivity contribution < 1.29 is 0 Å². The number of nitrogens with zero attached hydrogens (tertiary/aromatic N) is 3. The van der Waals surface area contributed by atoms with Gasteiger partial charge in [-0.05, 0) is 31.7 Å². The third kappa shape index (κ3) is 2.48. The molecule has 82 valence electrons. The third-order valence-corrected chi connectivity index (χ3v) is 3.55. The van der Waals surface area contributed by atoms with Crippen molar-refractivity contribution in [1.82, 2.24) is 9.97 Å². The first-order chi connectivity index (χ1) is 7.31. The number of aromatic nitrogens is 2. The second-order valence-corrected chi connectivity index (χ2v) is 4.62. The topological polar surface area (TPSA) is 29.0 Å². The zero-order chi connectivity index (χ0) is 10.7. The minimum atomic E-state index is 0.577. The van der Waals surface area contributed by atoms with Crippen LogP contribution < -0.4 is 4.90 Å². The molecule has 1 aliphatic heterocycles. The molecule has 0 amide bonds. The summed E-state index contributed by atoms with van der Waals surface area (Å²) < 4.78 is 0. The van der Waals surface area contributed by atoms with Crippen LogP contribution in [0.5, 0.6) is 0 Å². The van der Waals surface area contributed by atoms with Gasteiger partial charge in [-0.1, -0.05) is 15.9 Å². The standard InChI is InChI=1S/C11H16BrN3/c1-9-4-2-3-5-15(9)11-13-7-10(6-12)8-14-11/h7-9H,2-6H2,1H3. The minimum absolute atomic E-state index is 0.577. The highest BCUT2D eigenvalue weighted by Gasteiger charge is 2.20. The molecule has 1 aromatic heterocycles. The van der Waals surface area contributed by atoms with Gasteiger partial charge in [0.05, 0.1) is 0 Å². The lowest BCUT2D eigenvalue weighted by atomic mass is 10.0. The largest absolute Gasteiger partial charge is 0.338 e. The Bertz CT molecular complexity index is 312. The van der Waals surface area contributed by atoms with Crippen molar-refractivity contribution in [3.8, 4) is 0 Å². The van der Waals surface area contributed by atoms with Crippen LogP contribution in [-0.4, -0.2) is 22.6 Å². The molecule has 4 heteroatoms. The Kier molecular flexibility index (Phi) is 3.57. The summed E-state index contributed by atoms with van der Waals surface area (Å²) in [6.07, 6.45) is 7.64. The number of piperidine rings is 1. The molecule has 0 N–H and O–H groups in total. The monoisotopic (exact) mass is 269 g/mol. The number of hydrogen-bond acceptors (Lipinski definition) is 3. The lowest BCUT2D eigenvalue weighted by Crippen LogP contribution is -2.38. The molecule has 1 aromatic rings. The first kappa shape index (κ1) is 10.9. The fourth-order valence-electron chi connectivity index (χ4n) is 1.96. The molecule has 1 unspecified atom stereocenters. The summed E-state index contributed by atoms with van der Waals surface area (Å²) in [5.74, 6) is 0.881. The molecule has 15 heavy (non-hydrogen) atoms. The Hall–Kier alpha value is -0.640. The zero-order valence-corrected chi connectivity index (χ0v) is 10.6. The lowest BCUT2D eigenvalue weighted by molar-refractivity contribution is 0.477. The highest BCUT2D eigenvalue weighted by Crippen LogP contribution is 2.21. The molecule has 0 aromatic carbocycles. The van der Waals surface area contributed by atoms with Crippen molar-refractivity contribution >= 4 is 21.9 Å². The van der Waals surface area contributed by atoms with Gasteiger partial charge in [0.1, 0.15) is 0 Å². The number of halogens is 1. The smallest absolute Gasteiger partial charge is 0.225 e. The molecular formula is C11H16BrN3. The molecule has 1 fully saturated rings. The van der Waals surface area contributed by atoms with E-state index in [0.717, 1.165) is 23.4 Å². The summed E-state index contributed by atoms with van der Waals surface area (Å²) in [5.41, 5.74) is 1.13. The number of alkyl halides is 1. The van der Waals surface area contributed by atoms with E-state index >= 15 is 0 Å². The fourth-order valence-corrected chi connectivity index (χ4v) is 2.25. The summed E-state index contributed by atoms with van der Waals surface area (Å²) in [7, 11) is 0. The van der Waals surface area contributed by atoms with Gasteiger partial charge in [-0.15, -0.1) is 0 Å². The molecule has 1 saturated heterocycles. The van der Waals surface area contributed by atoms with Gasteiger partial charge in [0.2, 0.25) is 5.95 Å². The number of anilines is 1. The molecule has 0 spiro atoms. The summed E-state index contributed by atoms with van der Waals surface area (Å²) in [6.45, 7) is 3.34. The van der Waals surface area contributed by atoms with Crippen molar-refractivity contribution in [3.63, 3.8) is 0 Å². The normalized spacial score (nSPS) is 21.7. The molecular weight excluding hydrogens is 254 g/mol. The van der Waals surface area contributed by atoms with Crippen LogP contribution in [0.2, 0.25) is 0 Å². The predicted octanol–water partition coefficient (Wildman–Crippen LogP) is 2.75. The van der Waals surface area contributed by atoms with Gasteiger partial charge in [-0.2, -0.15) is 0 Å².